The van der Waals surface area contributed by atoms with Crippen LogP contribution in [0.15, 0.2) is 10.9 Å². The number of aromatic nitrogens is 1. The highest BCUT2D eigenvalue weighted by Crippen LogP contribution is 2.07. The van der Waals surface area contributed by atoms with E-state index in [1.807, 2.05) is 6.92 Å². The number of carbonyl (C=O) groups is 1. The largest absolute Gasteiger partial charge is 0.395 e. The molecule has 0 aliphatic heterocycles. The monoisotopic (exact) mass is 238 g/mol. The van der Waals surface area contributed by atoms with Crippen LogP contribution in [0.2, 0.25) is 0 Å². The van der Waals surface area contributed by atoms with Crippen molar-refractivity contribution in [2.45, 2.75) is 20.8 Å². The third kappa shape index (κ3) is 2.94. The first-order chi connectivity index (χ1) is 8.01. The van der Waals surface area contributed by atoms with Gasteiger partial charge in [0.1, 0.15) is 5.56 Å². The molecule has 0 fully saturated rings. The van der Waals surface area contributed by atoms with Crippen LogP contribution in [0.4, 0.5) is 0 Å². The number of likely N-dealkylation sites (N-methyl/N-ethyl adjacent to an activating group) is 1. The molecule has 0 spiro atoms. The molecule has 0 radical (unpaired) electrons. The number of pyridine rings is 1. The summed E-state index contributed by atoms with van der Waals surface area (Å²) in [6.45, 7) is 5.91. The SMILES string of the molecule is CCN(CCO)C(=O)c1c(C)cc(C)[nH]c1=O. The van der Waals surface area contributed by atoms with Gasteiger partial charge in [-0.2, -0.15) is 0 Å². The van der Waals surface area contributed by atoms with E-state index in [0.717, 1.165) is 5.69 Å². The number of aliphatic hydroxyl groups excluding tert-OH is 1. The van der Waals surface area contributed by atoms with Crippen molar-refractivity contribution in [2.75, 3.05) is 19.7 Å². The van der Waals surface area contributed by atoms with Gasteiger partial charge in [-0.1, -0.05) is 0 Å². The van der Waals surface area contributed by atoms with Crippen molar-refractivity contribution in [1.82, 2.24) is 9.88 Å². The zero-order valence-electron chi connectivity index (χ0n) is 10.4. The molecule has 0 saturated carbocycles. The van der Waals surface area contributed by atoms with Crippen LogP contribution in [0.1, 0.15) is 28.5 Å². The molecule has 5 heteroatoms. The topological polar surface area (TPSA) is 73.4 Å². The number of rotatable bonds is 4. The number of nitrogens with zero attached hydrogens (tertiary/aromatic N) is 1. The van der Waals surface area contributed by atoms with Gasteiger partial charge in [0.05, 0.1) is 6.61 Å². The van der Waals surface area contributed by atoms with Gasteiger partial charge in [0, 0.05) is 18.8 Å². The summed E-state index contributed by atoms with van der Waals surface area (Å²) in [4.78, 5) is 27.9. The lowest BCUT2D eigenvalue weighted by molar-refractivity contribution is 0.0729. The Morgan fingerprint density at radius 2 is 2.12 bits per heavy atom. The molecule has 1 amide bonds. The molecule has 0 bridgehead atoms. The van der Waals surface area contributed by atoms with Crippen molar-refractivity contribution in [1.29, 1.82) is 0 Å². The lowest BCUT2D eigenvalue weighted by atomic mass is 10.1. The van der Waals surface area contributed by atoms with E-state index in [0.29, 0.717) is 12.1 Å². The number of aryl methyl sites for hydroxylation is 2. The minimum atomic E-state index is -0.371. The number of carbonyl (C=O) groups excluding carboxylic acids is 1. The Kier molecular flexibility index (Phi) is 4.45. The Balaban J connectivity index is 3.16. The van der Waals surface area contributed by atoms with E-state index >= 15 is 0 Å². The molecular weight excluding hydrogens is 220 g/mol. The Labute approximate surface area is 100 Å². The Morgan fingerprint density at radius 1 is 1.47 bits per heavy atom. The van der Waals surface area contributed by atoms with Crippen LogP contribution in [0.5, 0.6) is 0 Å². The van der Waals surface area contributed by atoms with E-state index in [1.165, 1.54) is 4.90 Å². The smallest absolute Gasteiger partial charge is 0.261 e. The van der Waals surface area contributed by atoms with Crippen molar-refractivity contribution >= 4 is 5.91 Å². The van der Waals surface area contributed by atoms with Crippen LogP contribution in [-0.4, -0.2) is 40.6 Å². The van der Waals surface area contributed by atoms with Gasteiger partial charge in [-0.25, -0.2) is 0 Å². The third-order valence-corrected chi connectivity index (χ3v) is 2.62. The Bertz CT molecular complexity index is 465. The molecular formula is C12H18N2O3. The summed E-state index contributed by atoms with van der Waals surface area (Å²) in [6.07, 6.45) is 0. The van der Waals surface area contributed by atoms with Crippen molar-refractivity contribution in [3.05, 3.63) is 33.2 Å². The maximum atomic E-state index is 12.1. The van der Waals surface area contributed by atoms with Crippen LogP contribution in [0.3, 0.4) is 0 Å². The summed E-state index contributed by atoms with van der Waals surface area (Å²) in [7, 11) is 0. The molecule has 1 heterocycles. The predicted molar refractivity (Wildman–Crippen MR) is 65.2 cm³/mol. The zero-order valence-corrected chi connectivity index (χ0v) is 10.4. The van der Waals surface area contributed by atoms with E-state index in [2.05, 4.69) is 4.98 Å². The molecule has 17 heavy (non-hydrogen) atoms. The molecule has 1 rings (SSSR count). The first-order valence-electron chi connectivity index (χ1n) is 5.61. The predicted octanol–water partition coefficient (Wildman–Crippen LogP) is 0.446. The molecule has 1 aromatic rings. The highest BCUT2D eigenvalue weighted by atomic mass is 16.3. The fourth-order valence-corrected chi connectivity index (χ4v) is 1.80. The number of hydrogen-bond donors (Lipinski definition) is 2. The van der Waals surface area contributed by atoms with Crippen LogP contribution in [0, 0.1) is 13.8 Å². The minimum Gasteiger partial charge on any atom is -0.395 e. The first kappa shape index (κ1) is 13.4. The van der Waals surface area contributed by atoms with E-state index in [9.17, 15) is 9.59 Å². The van der Waals surface area contributed by atoms with Crippen molar-refractivity contribution in [3.8, 4) is 0 Å². The van der Waals surface area contributed by atoms with Gasteiger partial charge in [-0.05, 0) is 32.4 Å². The molecule has 0 atom stereocenters. The van der Waals surface area contributed by atoms with Gasteiger partial charge in [0.25, 0.3) is 11.5 Å². The molecule has 2 N–H and O–H groups in total. The maximum absolute atomic E-state index is 12.1. The van der Waals surface area contributed by atoms with Crippen LogP contribution >= 0.6 is 0 Å². The maximum Gasteiger partial charge on any atom is 0.261 e. The molecule has 5 nitrogen and oxygen atoms in total. The van der Waals surface area contributed by atoms with Crippen LogP contribution in [-0.2, 0) is 0 Å². The van der Waals surface area contributed by atoms with E-state index in [4.69, 9.17) is 5.11 Å². The standard InChI is InChI=1S/C12H18N2O3/c1-4-14(5-6-15)12(17)10-8(2)7-9(3)13-11(10)16/h7,15H,4-6H2,1-3H3,(H,13,16). The molecule has 0 unspecified atom stereocenters. The van der Waals surface area contributed by atoms with E-state index in [-0.39, 0.29) is 30.2 Å². The Morgan fingerprint density at radius 3 is 2.59 bits per heavy atom. The number of H-pyrrole nitrogens is 1. The highest BCUT2D eigenvalue weighted by Gasteiger charge is 2.19. The molecule has 0 saturated heterocycles. The first-order valence-corrected chi connectivity index (χ1v) is 5.61. The molecule has 0 aromatic carbocycles. The van der Waals surface area contributed by atoms with Crippen molar-refractivity contribution in [3.63, 3.8) is 0 Å². The second kappa shape index (κ2) is 5.63. The summed E-state index contributed by atoms with van der Waals surface area (Å²) in [5.41, 5.74) is 1.18. The highest BCUT2D eigenvalue weighted by molar-refractivity contribution is 5.95. The molecule has 94 valence electrons. The molecule has 1 aromatic heterocycles. The second-order valence-electron chi connectivity index (χ2n) is 3.95. The van der Waals surface area contributed by atoms with Crippen molar-refractivity contribution in [2.24, 2.45) is 0 Å². The van der Waals surface area contributed by atoms with Crippen LogP contribution in [0.25, 0.3) is 0 Å². The zero-order chi connectivity index (χ0) is 13.0. The van der Waals surface area contributed by atoms with E-state index in [1.54, 1.807) is 19.9 Å². The lowest BCUT2D eigenvalue weighted by Crippen LogP contribution is -2.37. The fourth-order valence-electron chi connectivity index (χ4n) is 1.80. The number of nitrogens with one attached hydrogen (secondary N) is 1. The second-order valence-corrected chi connectivity index (χ2v) is 3.95. The fraction of sp³-hybridized carbons (Fsp3) is 0.500. The van der Waals surface area contributed by atoms with Crippen molar-refractivity contribution < 1.29 is 9.90 Å². The quantitative estimate of drug-likeness (QED) is 0.799. The summed E-state index contributed by atoms with van der Waals surface area (Å²) in [6, 6.07) is 1.77. The van der Waals surface area contributed by atoms with Gasteiger partial charge >= 0.3 is 0 Å². The normalized spacial score (nSPS) is 10.4. The van der Waals surface area contributed by atoms with Gasteiger partial charge in [-0.3, -0.25) is 9.59 Å². The summed E-state index contributed by atoms with van der Waals surface area (Å²) in [5, 5.41) is 8.87. The average Bonchev–Trinajstić information content (AvgIpc) is 2.24. The third-order valence-electron chi connectivity index (χ3n) is 2.62. The Hall–Kier alpha value is -1.62. The number of hydrogen-bond acceptors (Lipinski definition) is 3. The van der Waals surface area contributed by atoms with Crippen LogP contribution < -0.4 is 5.56 Å². The molecule has 0 aliphatic carbocycles. The minimum absolute atomic E-state index is 0.109. The lowest BCUT2D eigenvalue weighted by Gasteiger charge is -2.20. The summed E-state index contributed by atoms with van der Waals surface area (Å²) >= 11 is 0. The van der Waals surface area contributed by atoms with Gasteiger partial charge in [-0.15, -0.1) is 0 Å². The van der Waals surface area contributed by atoms with Gasteiger partial charge in [0.15, 0.2) is 0 Å². The van der Waals surface area contributed by atoms with Gasteiger partial charge in [0.2, 0.25) is 0 Å². The number of aliphatic hydroxyl groups is 1. The van der Waals surface area contributed by atoms with Gasteiger partial charge < -0.3 is 15.0 Å². The van der Waals surface area contributed by atoms with E-state index < -0.39 is 0 Å². The summed E-state index contributed by atoms with van der Waals surface area (Å²) < 4.78 is 0. The molecule has 0 aliphatic rings. The summed E-state index contributed by atoms with van der Waals surface area (Å²) in [5.74, 6) is -0.333. The average molecular weight is 238 g/mol. The number of amides is 1. The number of aromatic amines is 1.